The highest BCUT2D eigenvalue weighted by Gasteiger charge is 2.25. The summed E-state index contributed by atoms with van der Waals surface area (Å²) in [5.74, 6) is 0. The molecule has 0 amide bonds. The van der Waals surface area contributed by atoms with Crippen LogP contribution in [-0.4, -0.2) is 35.7 Å². The summed E-state index contributed by atoms with van der Waals surface area (Å²) in [7, 11) is -3.16. The van der Waals surface area contributed by atoms with Crippen molar-refractivity contribution >= 4 is 10.0 Å². The van der Waals surface area contributed by atoms with Crippen LogP contribution in [0, 0.1) is 0 Å². The molecule has 0 radical (unpaired) electrons. The SMILES string of the molecule is CS(=O)(=O)N1CCc2c([nH][nH]c2=O)C1. The molecule has 0 bridgehead atoms. The highest BCUT2D eigenvalue weighted by atomic mass is 32.2. The van der Waals surface area contributed by atoms with Crippen LogP contribution < -0.4 is 5.56 Å². The fourth-order valence-electron chi connectivity index (χ4n) is 1.59. The zero-order chi connectivity index (χ0) is 10.3. The number of sulfonamides is 1. The van der Waals surface area contributed by atoms with Crippen LogP contribution >= 0.6 is 0 Å². The van der Waals surface area contributed by atoms with Crippen LogP contribution in [-0.2, 0) is 23.0 Å². The van der Waals surface area contributed by atoms with Crippen LogP contribution in [0.15, 0.2) is 4.79 Å². The molecule has 6 nitrogen and oxygen atoms in total. The Morgan fingerprint density at radius 2 is 2.07 bits per heavy atom. The third-order valence-corrected chi connectivity index (χ3v) is 3.63. The van der Waals surface area contributed by atoms with Crippen molar-refractivity contribution in [1.82, 2.24) is 14.5 Å². The average Bonchev–Trinajstić information content (AvgIpc) is 2.46. The molecule has 1 aromatic rings. The van der Waals surface area contributed by atoms with Crippen LogP contribution in [0.3, 0.4) is 0 Å². The molecule has 2 N–H and O–H groups in total. The summed E-state index contributed by atoms with van der Waals surface area (Å²) in [4.78, 5) is 11.2. The fourth-order valence-corrected chi connectivity index (χ4v) is 2.38. The highest BCUT2D eigenvalue weighted by molar-refractivity contribution is 7.88. The van der Waals surface area contributed by atoms with Gasteiger partial charge in [0.05, 0.1) is 18.5 Å². The lowest BCUT2D eigenvalue weighted by Gasteiger charge is -2.23. The van der Waals surface area contributed by atoms with Gasteiger partial charge in [-0.25, -0.2) is 8.42 Å². The van der Waals surface area contributed by atoms with Gasteiger partial charge in [-0.2, -0.15) is 4.31 Å². The molecular weight excluding hydrogens is 206 g/mol. The Balaban J connectivity index is 2.36. The molecule has 78 valence electrons. The van der Waals surface area contributed by atoms with Crippen LogP contribution in [0.25, 0.3) is 0 Å². The Hall–Kier alpha value is -1.08. The number of hydrogen-bond acceptors (Lipinski definition) is 3. The van der Waals surface area contributed by atoms with E-state index in [4.69, 9.17) is 0 Å². The molecule has 7 heteroatoms. The molecule has 1 aliphatic rings. The molecule has 0 fully saturated rings. The summed E-state index contributed by atoms with van der Waals surface area (Å²) in [6, 6.07) is 0. The minimum absolute atomic E-state index is 0.145. The molecule has 0 atom stereocenters. The highest BCUT2D eigenvalue weighted by Crippen LogP contribution is 2.15. The van der Waals surface area contributed by atoms with Gasteiger partial charge >= 0.3 is 0 Å². The van der Waals surface area contributed by atoms with Crippen molar-refractivity contribution in [2.24, 2.45) is 0 Å². The van der Waals surface area contributed by atoms with E-state index in [1.807, 2.05) is 0 Å². The summed E-state index contributed by atoms with van der Waals surface area (Å²) >= 11 is 0. The van der Waals surface area contributed by atoms with Crippen molar-refractivity contribution in [2.75, 3.05) is 12.8 Å². The van der Waals surface area contributed by atoms with Crippen molar-refractivity contribution in [2.45, 2.75) is 13.0 Å². The minimum Gasteiger partial charge on any atom is -0.301 e. The van der Waals surface area contributed by atoms with Gasteiger partial charge in [0.2, 0.25) is 10.0 Å². The first-order chi connectivity index (χ1) is 6.48. The average molecular weight is 217 g/mol. The summed E-state index contributed by atoms with van der Waals surface area (Å²) in [6.07, 6.45) is 1.64. The van der Waals surface area contributed by atoms with Crippen molar-refractivity contribution in [1.29, 1.82) is 0 Å². The molecule has 1 aromatic heterocycles. The topological polar surface area (TPSA) is 86.0 Å². The standard InChI is InChI=1S/C7H11N3O3S/c1-14(12,13)10-3-2-5-6(4-10)8-9-7(5)11/h2-4H2,1H3,(H2,8,9,11). The largest absolute Gasteiger partial charge is 0.301 e. The molecule has 2 heterocycles. The lowest BCUT2D eigenvalue weighted by Crippen LogP contribution is -2.36. The van der Waals surface area contributed by atoms with E-state index in [0.717, 1.165) is 0 Å². The Morgan fingerprint density at radius 1 is 1.36 bits per heavy atom. The maximum atomic E-state index is 11.2. The van der Waals surface area contributed by atoms with Crippen molar-refractivity contribution in [3.05, 3.63) is 21.6 Å². The fraction of sp³-hybridized carbons (Fsp3) is 0.571. The molecule has 14 heavy (non-hydrogen) atoms. The van der Waals surface area contributed by atoms with Crippen molar-refractivity contribution in [3.8, 4) is 0 Å². The summed E-state index contributed by atoms with van der Waals surface area (Å²) < 4.78 is 23.8. The lowest BCUT2D eigenvalue weighted by atomic mass is 10.1. The Kier molecular flexibility index (Phi) is 2.00. The maximum Gasteiger partial charge on any atom is 0.267 e. The number of hydrogen-bond donors (Lipinski definition) is 2. The third-order valence-electron chi connectivity index (χ3n) is 2.38. The second-order valence-corrected chi connectivity index (χ2v) is 5.37. The van der Waals surface area contributed by atoms with E-state index in [1.54, 1.807) is 0 Å². The van der Waals surface area contributed by atoms with Gasteiger partial charge in [0.25, 0.3) is 5.56 Å². The molecular formula is C7H11N3O3S. The molecule has 1 aliphatic heterocycles. The summed E-state index contributed by atoms with van der Waals surface area (Å²) in [6.45, 7) is 0.639. The van der Waals surface area contributed by atoms with E-state index in [1.165, 1.54) is 10.6 Å². The Labute approximate surface area is 81.0 Å². The van der Waals surface area contributed by atoms with Gasteiger partial charge in [-0.3, -0.25) is 9.89 Å². The van der Waals surface area contributed by atoms with Gasteiger partial charge in [0.15, 0.2) is 0 Å². The van der Waals surface area contributed by atoms with Crippen molar-refractivity contribution < 1.29 is 8.42 Å². The molecule has 0 saturated heterocycles. The predicted octanol–water partition coefficient (Wildman–Crippen LogP) is -0.979. The van der Waals surface area contributed by atoms with Gasteiger partial charge in [-0.15, -0.1) is 0 Å². The van der Waals surface area contributed by atoms with E-state index in [0.29, 0.717) is 24.2 Å². The second kappa shape index (κ2) is 2.96. The molecule has 0 saturated carbocycles. The van der Waals surface area contributed by atoms with E-state index < -0.39 is 10.0 Å². The molecule has 0 aliphatic carbocycles. The van der Waals surface area contributed by atoms with E-state index >= 15 is 0 Å². The number of nitrogens with zero attached hydrogens (tertiary/aromatic N) is 1. The number of H-pyrrole nitrogens is 2. The molecule has 0 aromatic carbocycles. The van der Waals surface area contributed by atoms with Crippen LogP contribution in [0.1, 0.15) is 11.3 Å². The number of rotatable bonds is 1. The van der Waals surface area contributed by atoms with Crippen LogP contribution in [0.2, 0.25) is 0 Å². The van der Waals surface area contributed by atoms with E-state index in [9.17, 15) is 13.2 Å². The third kappa shape index (κ3) is 1.48. The van der Waals surface area contributed by atoms with Crippen LogP contribution in [0.4, 0.5) is 0 Å². The quantitative estimate of drug-likeness (QED) is 0.634. The number of fused-ring (bicyclic) bond motifs is 1. The number of aromatic nitrogens is 2. The predicted molar refractivity (Wildman–Crippen MR) is 50.4 cm³/mol. The Morgan fingerprint density at radius 3 is 2.71 bits per heavy atom. The molecule has 0 unspecified atom stereocenters. The van der Waals surface area contributed by atoms with Gasteiger partial charge in [0.1, 0.15) is 0 Å². The van der Waals surface area contributed by atoms with Gasteiger partial charge in [0, 0.05) is 12.1 Å². The van der Waals surface area contributed by atoms with Gasteiger partial charge in [-0.1, -0.05) is 0 Å². The normalized spacial score (nSPS) is 18.1. The first-order valence-corrected chi connectivity index (χ1v) is 6.07. The first-order valence-electron chi connectivity index (χ1n) is 4.22. The van der Waals surface area contributed by atoms with E-state index in [-0.39, 0.29) is 12.1 Å². The van der Waals surface area contributed by atoms with Gasteiger partial charge in [-0.05, 0) is 6.42 Å². The van der Waals surface area contributed by atoms with Gasteiger partial charge < -0.3 is 5.10 Å². The first kappa shape index (κ1) is 9.47. The second-order valence-electron chi connectivity index (χ2n) is 3.38. The zero-order valence-corrected chi connectivity index (χ0v) is 8.52. The maximum absolute atomic E-state index is 11.2. The summed E-state index contributed by atoms with van der Waals surface area (Å²) in [5.41, 5.74) is 1.20. The van der Waals surface area contributed by atoms with Crippen molar-refractivity contribution in [3.63, 3.8) is 0 Å². The molecule has 2 rings (SSSR count). The number of aromatic amines is 2. The number of nitrogens with one attached hydrogen (secondary N) is 2. The monoisotopic (exact) mass is 217 g/mol. The lowest BCUT2D eigenvalue weighted by molar-refractivity contribution is 0.390. The molecule has 0 spiro atoms. The summed E-state index contributed by atoms with van der Waals surface area (Å²) in [5, 5.41) is 5.13. The zero-order valence-electron chi connectivity index (χ0n) is 7.70. The van der Waals surface area contributed by atoms with Crippen LogP contribution in [0.5, 0.6) is 0 Å². The van der Waals surface area contributed by atoms with E-state index in [2.05, 4.69) is 10.2 Å². The Bertz CT molecular complexity index is 498. The minimum atomic E-state index is -3.16. The smallest absolute Gasteiger partial charge is 0.267 e.